The van der Waals surface area contributed by atoms with Gasteiger partial charge in [-0.2, -0.15) is 4.98 Å². The van der Waals surface area contributed by atoms with Gasteiger partial charge in [0.2, 0.25) is 0 Å². The Morgan fingerprint density at radius 1 is 1.27 bits per heavy atom. The zero-order valence-electron chi connectivity index (χ0n) is 14.4. The molecule has 1 saturated heterocycles. The molecule has 11 heteroatoms. The molecule has 2 unspecified atom stereocenters. The highest BCUT2D eigenvalue weighted by molar-refractivity contribution is 14.1. The summed E-state index contributed by atoms with van der Waals surface area (Å²) in [5, 5.41) is 0.450. The van der Waals surface area contributed by atoms with E-state index in [2.05, 4.69) is 21.8 Å². The quantitative estimate of drug-likeness (QED) is 0.494. The average molecular weight is 510 g/mol. The molecule has 4 heterocycles. The van der Waals surface area contributed by atoms with Crippen molar-refractivity contribution in [2.24, 2.45) is 0 Å². The SMILES string of the molecule is Cc1nc2c3c(nc(=O)n2I)N2CC(C)N(C)CC2CS(=O)(=O)c3c1Cl. The Morgan fingerprint density at radius 3 is 2.65 bits per heavy atom. The molecule has 2 aromatic heterocycles. The number of anilines is 1. The Kier molecular flexibility index (Phi) is 4.25. The zero-order valence-corrected chi connectivity index (χ0v) is 18.1. The van der Waals surface area contributed by atoms with Crippen molar-refractivity contribution in [1.29, 1.82) is 0 Å². The second-order valence-corrected chi connectivity index (χ2v) is 10.2. The largest absolute Gasteiger partial charge is 0.360 e. The third kappa shape index (κ3) is 2.56. The summed E-state index contributed by atoms with van der Waals surface area (Å²) in [6, 6.07) is -0.103. The van der Waals surface area contributed by atoms with E-state index in [0.717, 1.165) is 0 Å². The van der Waals surface area contributed by atoms with Gasteiger partial charge in [-0.05, 0) is 20.9 Å². The normalized spacial score (nSPS) is 25.2. The molecule has 0 radical (unpaired) electrons. The van der Waals surface area contributed by atoms with Gasteiger partial charge in [0.05, 0.1) is 50.8 Å². The zero-order chi connectivity index (χ0) is 19.0. The van der Waals surface area contributed by atoms with E-state index in [0.29, 0.717) is 30.0 Å². The minimum Gasteiger partial charge on any atom is -0.349 e. The number of rotatable bonds is 0. The van der Waals surface area contributed by atoms with Crippen LogP contribution in [-0.4, -0.2) is 64.0 Å². The topological polar surface area (TPSA) is 88.4 Å². The van der Waals surface area contributed by atoms with Gasteiger partial charge in [-0.3, -0.25) is 4.90 Å². The Balaban J connectivity index is 2.17. The van der Waals surface area contributed by atoms with Crippen LogP contribution in [0.1, 0.15) is 12.6 Å². The number of aromatic nitrogens is 3. The molecule has 140 valence electrons. The van der Waals surface area contributed by atoms with Gasteiger partial charge in [0.1, 0.15) is 10.7 Å². The van der Waals surface area contributed by atoms with Crippen molar-refractivity contribution in [2.75, 3.05) is 30.8 Å². The van der Waals surface area contributed by atoms with Crippen LogP contribution in [0.2, 0.25) is 5.02 Å². The molecule has 0 saturated carbocycles. The lowest BCUT2D eigenvalue weighted by molar-refractivity contribution is 0.206. The summed E-state index contributed by atoms with van der Waals surface area (Å²) in [6.07, 6.45) is 0. The van der Waals surface area contributed by atoms with Gasteiger partial charge in [0.25, 0.3) is 0 Å². The first-order valence-corrected chi connectivity index (χ1v) is 11.1. The lowest BCUT2D eigenvalue weighted by Crippen LogP contribution is -2.58. The first-order valence-electron chi connectivity index (χ1n) is 8.10. The predicted octanol–water partition coefficient (Wildman–Crippen LogP) is 1.25. The van der Waals surface area contributed by atoms with E-state index >= 15 is 0 Å². The molecule has 0 bridgehead atoms. The molecule has 1 fully saturated rings. The summed E-state index contributed by atoms with van der Waals surface area (Å²) in [4.78, 5) is 25.1. The van der Waals surface area contributed by atoms with E-state index in [9.17, 15) is 13.2 Å². The Bertz CT molecular complexity index is 1100. The molecule has 4 rings (SSSR count). The summed E-state index contributed by atoms with van der Waals surface area (Å²) in [7, 11) is -1.71. The fourth-order valence-corrected chi connectivity index (χ4v) is 6.51. The van der Waals surface area contributed by atoms with Crippen LogP contribution in [0.3, 0.4) is 0 Å². The van der Waals surface area contributed by atoms with Crippen molar-refractivity contribution in [3.05, 3.63) is 21.2 Å². The number of halogens is 2. The highest BCUT2D eigenvalue weighted by Crippen LogP contribution is 2.40. The van der Waals surface area contributed by atoms with Crippen LogP contribution in [-0.2, 0) is 9.84 Å². The molecule has 0 N–H and O–H groups in total. The third-order valence-electron chi connectivity index (χ3n) is 5.17. The maximum absolute atomic E-state index is 13.2. The van der Waals surface area contributed by atoms with Gasteiger partial charge in [-0.25, -0.2) is 21.0 Å². The number of likely N-dealkylation sites (N-methyl/N-ethyl adjacent to an activating group) is 1. The van der Waals surface area contributed by atoms with E-state index in [1.165, 1.54) is 2.78 Å². The number of aryl methyl sites for hydroxylation is 1. The standard InChI is InChI=1S/C15H17ClIN5O3S/c1-7-4-21-9(5-20(7)3)6-26(24,25)12-10-13(21)19-15(23)22(17)14(10)18-8(2)11(12)16/h7,9H,4-6H2,1-3H3. The Hall–Kier alpha value is -0.980. The number of sulfone groups is 1. The van der Waals surface area contributed by atoms with Crippen LogP contribution in [0.25, 0.3) is 11.0 Å². The molecular formula is C15H17ClIN5O3S. The van der Waals surface area contributed by atoms with Gasteiger partial charge >= 0.3 is 5.69 Å². The van der Waals surface area contributed by atoms with Crippen LogP contribution >= 0.6 is 34.5 Å². The van der Waals surface area contributed by atoms with Crippen LogP contribution < -0.4 is 10.6 Å². The number of hydrogen-bond acceptors (Lipinski definition) is 7. The molecular weight excluding hydrogens is 493 g/mol. The lowest BCUT2D eigenvalue weighted by Gasteiger charge is -2.43. The van der Waals surface area contributed by atoms with Crippen LogP contribution in [0.4, 0.5) is 5.82 Å². The van der Waals surface area contributed by atoms with Gasteiger partial charge < -0.3 is 4.90 Å². The smallest absolute Gasteiger partial charge is 0.349 e. The van der Waals surface area contributed by atoms with Crippen LogP contribution in [0.5, 0.6) is 0 Å². The summed E-state index contributed by atoms with van der Waals surface area (Å²) in [5.41, 5.74) is 0.191. The number of pyridine rings is 1. The molecule has 0 aromatic carbocycles. The van der Waals surface area contributed by atoms with E-state index in [4.69, 9.17) is 11.6 Å². The first kappa shape index (κ1) is 18.4. The van der Waals surface area contributed by atoms with Gasteiger partial charge in [0.15, 0.2) is 15.5 Å². The maximum Gasteiger partial charge on any atom is 0.360 e. The summed E-state index contributed by atoms with van der Waals surface area (Å²) in [5.74, 6) is 0.294. The van der Waals surface area contributed by atoms with Crippen molar-refractivity contribution < 1.29 is 8.42 Å². The Morgan fingerprint density at radius 2 is 1.96 bits per heavy atom. The van der Waals surface area contributed by atoms with Gasteiger partial charge in [-0.15, -0.1) is 0 Å². The molecule has 2 aliphatic rings. The first-order chi connectivity index (χ1) is 12.1. The number of hydrogen-bond donors (Lipinski definition) is 0. The molecule has 2 aromatic rings. The molecule has 2 aliphatic heterocycles. The van der Waals surface area contributed by atoms with Crippen LogP contribution in [0.15, 0.2) is 9.69 Å². The number of nitrogens with zero attached hydrogens (tertiary/aromatic N) is 5. The van der Waals surface area contributed by atoms with E-state index in [-0.39, 0.29) is 33.4 Å². The van der Waals surface area contributed by atoms with Crippen molar-refractivity contribution in [3.63, 3.8) is 0 Å². The lowest BCUT2D eigenvalue weighted by atomic mass is 10.1. The summed E-state index contributed by atoms with van der Waals surface area (Å²) < 4.78 is 27.7. The van der Waals surface area contributed by atoms with E-state index in [1.807, 2.05) is 11.9 Å². The highest BCUT2D eigenvalue weighted by Gasteiger charge is 2.41. The maximum atomic E-state index is 13.2. The van der Waals surface area contributed by atoms with E-state index in [1.54, 1.807) is 29.8 Å². The average Bonchev–Trinajstić information content (AvgIpc) is 2.63. The van der Waals surface area contributed by atoms with Crippen molar-refractivity contribution in [2.45, 2.75) is 30.8 Å². The van der Waals surface area contributed by atoms with Crippen molar-refractivity contribution in [1.82, 2.24) is 17.6 Å². The highest BCUT2D eigenvalue weighted by atomic mass is 127. The third-order valence-corrected chi connectivity index (χ3v) is 8.47. The minimum absolute atomic E-state index is 0.0410. The minimum atomic E-state index is -3.68. The summed E-state index contributed by atoms with van der Waals surface area (Å²) >= 11 is 8.19. The molecule has 26 heavy (non-hydrogen) atoms. The molecule has 0 aliphatic carbocycles. The second kappa shape index (κ2) is 6.01. The second-order valence-electron chi connectivity index (χ2n) is 6.91. The fourth-order valence-electron chi connectivity index (χ4n) is 3.69. The molecule has 8 nitrogen and oxygen atoms in total. The number of fused-ring (bicyclic) bond motifs is 2. The van der Waals surface area contributed by atoms with Crippen molar-refractivity contribution >= 4 is 61.2 Å². The molecule has 0 spiro atoms. The number of piperazine rings is 1. The molecule has 0 amide bonds. The summed E-state index contributed by atoms with van der Waals surface area (Å²) in [6.45, 7) is 4.85. The van der Waals surface area contributed by atoms with Crippen LogP contribution in [0, 0.1) is 6.92 Å². The molecule has 2 atom stereocenters. The van der Waals surface area contributed by atoms with E-state index < -0.39 is 15.5 Å². The van der Waals surface area contributed by atoms with Gasteiger partial charge in [-0.1, -0.05) is 11.6 Å². The van der Waals surface area contributed by atoms with Gasteiger partial charge in [0, 0.05) is 19.1 Å². The fraction of sp³-hybridized carbons (Fsp3) is 0.533. The monoisotopic (exact) mass is 509 g/mol. The van der Waals surface area contributed by atoms with Crippen molar-refractivity contribution in [3.8, 4) is 0 Å². The predicted molar refractivity (Wildman–Crippen MR) is 108 cm³/mol. The Labute approximate surface area is 169 Å².